The van der Waals surface area contributed by atoms with Crippen LogP contribution in [0.3, 0.4) is 0 Å². The summed E-state index contributed by atoms with van der Waals surface area (Å²) >= 11 is 6.12. The number of ether oxygens (including phenoxy) is 3. The summed E-state index contributed by atoms with van der Waals surface area (Å²) in [5.41, 5.74) is 1.97. The number of halogens is 1. The molecule has 0 fully saturated rings. The van der Waals surface area contributed by atoms with Gasteiger partial charge in [-0.1, -0.05) is 23.7 Å². The van der Waals surface area contributed by atoms with E-state index in [1.54, 1.807) is 50.6 Å². The average Bonchev–Trinajstić information content (AvgIpc) is 2.79. The van der Waals surface area contributed by atoms with Crippen molar-refractivity contribution in [3.63, 3.8) is 0 Å². The van der Waals surface area contributed by atoms with Gasteiger partial charge in [0.15, 0.2) is 11.5 Å². The number of sulfonamides is 1. The molecule has 31 heavy (non-hydrogen) atoms. The molecule has 0 aliphatic carbocycles. The first-order valence-electron chi connectivity index (χ1n) is 9.68. The fourth-order valence-corrected chi connectivity index (χ4v) is 5.14. The summed E-state index contributed by atoms with van der Waals surface area (Å²) < 4.78 is 44.4. The fraction of sp³-hybridized carbons (Fsp3) is 0.217. The predicted octanol–water partition coefficient (Wildman–Crippen LogP) is 4.90. The summed E-state index contributed by atoms with van der Waals surface area (Å²) in [6.07, 6.45) is 0.600. The first kappa shape index (κ1) is 21.5. The zero-order valence-electron chi connectivity index (χ0n) is 17.2. The highest BCUT2D eigenvalue weighted by Gasteiger charge is 2.29. The molecule has 4 rings (SSSR count). The second-order valence-corrected chi connectivity index (χ2v) is 9.41. The number of nitrogens with zero attached hydrogens (tertiary/aromatic N) is 1. The first-order chi connectivity index (χ1) is 14.9. The Hall–Kier alpha value is -2.74. The molecular weight excluding hydrogens is 438 g/mol. The van der Waals surface area contributed by atoms with Gasteiger partial charge in [0.1, 0.15) is 11.5 Å². The van der Waals surface area contributed by atoms with Crippen molar-refractivity contribution in [2.24, 2.45) is 0 Å². The SMILES string of the molecule is COc1cc2c(cc1OC)CN(S(=O)(=O)c1ccc(Oc3ccccc3Cl)cc1)CC2. The zero-order valence-corrected chi connectivity index (χ0v) is 18.7. The Labute approximate surface area is 187 Å². The van der Waals surface area contributed by atoms with Gasteiger partial charge >= 0.3 is 0 Å². The van der Waals surface area contributed by atoms with E-state index in [1.165, 1.54) is 4.31 Å². The van der Waals surface area contributed by atoms with Crippen LogP contribution >= 0.6 is 11.6 Å². The topological polar surface area (TPSA) is 65.1 Å². The largest absolute Gasteiger partial charge is 0.493 e. The minimum absolute atomic E-state index is 0.211. The smallest absolute Gasteiger partial charge is 0.243 e. The minimum Gasteiger partial charge on any atom is -0.493 e. The molecule has 0 unspecified atom stereocenters. The Morgan fingerprint density at radius 3 is 2.16 bits per heavy atom. The molecule has 8 heteroatoms. The molecule has 0 radical (unpaired) electrons. The Balaban J connectivity index is 1.54. The molecule has 0 atom stereocenters. The predicted molar refractivity (Wildman–Crippen MR) is 119 cm³/mol. The van der Waals surface area contributed by atoms with Gasteiger partial charge in [-0.3, -0.25) is 0 Å². The molecule has 0 spiro atoms. The lowest BCUT2D eigenvalue weighted by Crippen LogP contribution is -2.36. The van der Waals surface area contributed by atoms with E-state index in [2.05, 4.69) is 0 Å². The van der Waals surface area contributed by atoms with Gasteiger partial charge < -0.3 is 14.2 Å². The summed E-state index contributed by atoms with van der Waals surface area (Å²) in [6, 6.07) is 17.2. The Kier molecular flexibility index (Phi) is 6.09. The lowest BCUT2D eigenvalue weighted by molar-refractivity contribution is 0.348. The number of methoxy groups -OCH3 is 2. The second kappa shape index (κ2) is 8.78. The molecule has 0 bridgehead atoms. The summed E-state index contributed by atoms with van der Waals surface area (Å²) in [6.45, 7) is 0.665. The highest BCUT2D eigenvalue weighted by molar-refractivity contribution is 7.89. The average molecular weight is 460 g/mol. The lowest BCUT2D eigenvalue weighted by Gasteiger charge is -2.29. The molecule has 0 saturated carbocycles. The van der Waals surface area contributed by atoms with E-state index in [0.717, 1.165) is 11.1 Å². The molecule has 1 heterocycles. The Morgan fingerprint density at radius 1 is 0.871 bits per heavy atom. The Morgan fingerprint density at radius 2 is 1.52 bits per heavy atom. The number of hydrogen-bond acceptors (Lipinski definition) is 5. The van der Waals surface area contributed by atoms with Gasteiger partial charge in [0.05, 0.1) is 24.1 Å². The highest BCUT2D eigenvalue weighted by Crippen LogP contribution is 2.35. The molecule has 162 valence electrons. The number of fused-ring (bicyclic) bond motifs is 1. The van der Waals surface area contributed by atoms with Crippen molar-refractivity contribution in [1.29, 1.82) is 0 Å². The summed E-state index contributed by atoms with van der Waals surface area (Å²) in [5, 5.41) is 0.484. The van der Waals surface area contributed by atoms with Gasteiger partial charge in [-0.05, 0) is 66.1 Å². The summed E-state index contributed by atoms with van der Waals surface area (Å²) in [7, 11) is -0.509. The van der Waals surface area contributed by atoms with Crippen molar-refractivity contribution in [2.75, 3.05) is 20.8 Å². The van der Waals surface area contributed by atoms with E-state index < -0.39 is 10.0 Å². The van der Waals surface area contributed by atoms with Crippen LogP contribution in [0, 0.1) is 0 Å². The molecule has 0 saturated heterocycles. The van der Waals surface area contributed by atoms with Crippen LogP contribution in [-0.2, 0) is 23.0 Å². The van der Waals surface area contributed by atoms with E-state index in [-0.39, 0.29) is 11.4 Å². The Bertz CT molecular complexity index is 1200. The summed E-state index contributed by atoms with van der Waals surface area (Å²) in [5.74, 6) is 2.25. The highest BCUT2D eigenvalue weighted by atomic mass is 35.5. The zero-order chi connectivity index (χ0) is 22.0. The molecule has 1 aliphatic heterocycles. The van der Waals surface area contributed by atoms with E-state index in [1.807, 2.05) is 24.3 Å². The molecule has 3 aromatic carbocycles. The molecule has 0 N–H and O–H groups in total. The van der Waals surface area contributed by atoms with Gasteiger partial charge in [-0.15, -0.1) is 0 Å². The quantitative estimate of drug-likeness (QED) is 0.524. The van der Waals surface area contributed by atoms with Crippen molar-refractivity contribution in [2.45, 2.75) is 17.9 Å². The fourth-order valence-electron chi connectivity index (χ4n) is 3.55. The standard InChI is InChI=1S/C23H22ClNO5S/c1-28-22-13-16-11-12-25(15-17(16)14-23(22)29-2)31(26,27)19-9-7-18(8-10-19)30-21-6-4-3-5-20(21)24/h3-10,13-14H,11-12,15H2,1-2H3. The van der Waals surface area contributed by atoms with Crippen LogP contribution in [0.15, 0.2) is 65.6 Å². The van der Waals surface area contributed by atoms with Gasteiger partial charge in [0.2, 0.25) is 10.0 Å². The van der Waals surface area contributed by atoms with Gasteiger partial charge in [0, 0.05) is 13.1 Å². The van der Waals surface area contributed by atoms with Gasteiger partial charge in [0.25, 0.3) is 0 Å². The molecule has 6 nitrogen and oxygen atoms in total. The lowest BCUT2D eigenvalue weighted by atomic mass is 10.0. The van der Waals surface area contributed by atoms with Crippen molar-refractivity contribution in [3.8, 4) is 23.0 Å². The van der Waals surface area contributed by atoms with Crippen LogP contribution in [0.2, 0.25) is 5.02 Å². The third-order valence-corrected chi connectivity index (χ3v) is 7.38. The molecule has 0 amide bonds. The third-order valence-electron chi connectivity index (χ3n) is 5.21. The van der Waals surface area contributed by atoms with E-state index >= 15 is 0 Å². The maximum absolute atomic E-state index is 13.2. The van der Waals surface area contributed by atoms with E-state index in [0.29, 0.717) is 41.0 Å². The van der Waals surface area contributed by atoms with Crippen molar-refractivity contribution in [3.05, 3.63) is 76.8 Å². The molecule has 0 aromatic heterocycles. The van der Waals surface area contributed by atoms with Crippen LogP contribution in [0.4, 0.5) is 0 Å². The van der Waals surface area contributed by atoms with Gasteiger partial charge in [-0.2, -0.15) is 4.31 Å². The number of benzene rings is 3. The second-order valence-electron chi connectivity index (χ2n) is 7.07. The van der Waals surface area contributed by atoms with Crippen molar-refractivity contribution >= 4 is 21.6 Å². The van der Waals surface area contributed by atoms with Gasteiger partial charge in [-0.25, -0.2) is 8.42 Å². The van der Waals surface area contributed by atoms with Crippen LogP contribution in [0.25, 0.3) is 0 Å². The van der Waals surface area contributed by atoms with E-state index in [4.69, 9.17) is 25.8 Å². The molecule has 3 aromatic rings. The minimum atomic E-state index is -3.66. The van der Waals surface area contributed by atoms with Crippen LogP contribution in [0.1, 0.15) is 11.1 Å². The van der Waals surface area contributed by atoms with Crippen LogP contribution in [0.5, 0.6) is 23.0 Å². The normalized spacial score (nSPS) is 14.0. The maximum atomic E-state index is 13.2. The number of rotatable bonds is 6. The molecule has 1 aliphatic rings. The summed E-state index contributed by atoms with van der Waals surface area (Å²) in [4.78, 5) is 0.211. The monoisotopic (exact) mass is 459 g/mol. The third kappa shape index (κ3) is 4.35. The van der Waals surface area contributed by atoms with E-state index in [9.17, 15) is 8.42 Å². The van der Waals surface area contributed by atoms with Crippen LogP contribution in [-0.4, -0.2) is 33.5 Å². The van der Waals surface area contributed by atoms with Crippen molar-refractivity contribution in [1.82, 2.24) is 4.31 Å². The molecular formula is C23H22ClNO5S. The first-order valence-corrected chi connectivity index (χ1v) is 11.5. The number of para-hydroxylation sites is 1. The van der Waals surface area contributed by atoms with Crippen LogP contribution < -0.4 is 14.2 Å². The number of hydrogen-bond donors (Lipinski definition) is 0. The van der Waals surface area contributed by atoms with Crippen molar-refractivity contribution < 1.29 is 22.6 Å². The maximum Gasteiger partial charge on any atom is 0.243 e.